The van der Waals surface area contributed by atoms with Crippen molar-refractivity contribution in [3.8, 4) is 0 Å². The van der Waals surface area contributed by atoms with Gasteiger partial charge in [-0.05, 0) is 41.0 Å². The average Bonchev–Trinajstić information content (AvgIpc) is 2.59. The molecule has 1 fully saturated rings. The van der Waals surface area contributed by atoms with Gasteiger partial charge in [-0.25, -0.2) is 4.79 Å². The van der Waals surface area contributed by atoms with Crippen molar-refractivity contribution in [3.05, 3.63) is 0 Å². The van der Waals surface area contributed by atoms with Crippen molar-refractivity contribution in [2.75, 3.05) is 26.5 Å². The zero-order valence-electron chi connectivity index (χ0n) is 12.1. The van der Waals surface area contributed by atoms with E-state index in [4.69, 9.17) is 14.2 Å². The molecular formula is C13H25NO4. The zero-order valence-corrected chi connectivity index (χ0v) is 12.1. The molecule has 106 valence electrons. The summed E-state index contributed by atoms with van der Waals surface area (Å²) < 4.78 is 16.2. The topological polar surface area (TPSA) is 48.0 Å². The molecule has 1 saturated heterocycles. The van der Waals surface area contributed by atoms with Crippen LogP contribution in [0.3, 0.4) is 0 Å². The van der Waals surface area contributed by atoms with Crippen LogP contribution in [0.4, 0.5) is 4.79 Å². The molecule has 0 spiro atoms. The van der Waals surface area contributed by atoms with E-state index in [-0.39, 0.29) is 18.5 Å². The molecule has 0 aromatic carbocycles. The fourth-order valence-corrected chi connectivity index (χ4v) is 1.80. The first-order valence-corrected chi connectivity index (χ1v) is 6.45. The number of rotatable bonds is 4. The van der Waals surface area contributed by atoms with Crippen molar-refractivity contribution in [1.82, 2.24) is 4.90 Å². The van der Waals surface area contributed by atoms with Crippen molar-refractivity contribution in [2.45, 2.75) is 52.2 Å². The summed E-state index contributed by atoms with van der Waals surface area (Å²) in [5.41, 5.74) is -0.783. The van der Waals surface area contributed by atoms with Gasteiger partial charge in [-0.2, -0.15) is 0 Å². The zero-order chi connectivity index (χ0) is 13.8. The molecule has 1 aliphatic rings. The highest BCUT2D eigenvalue weighted by atomic mass is 16.7. The average molecular weight is 259 g/mol. The van der Waals surface area contributed by atoms with Gasteiger partial charge in [-0.3, -0.25) is 0 Å². The number of amides is 1. The SMILES string of the molecule is CCOCOC1(C)CCN(C(=O)OC(C)(C)C)C1. The Labute approximate surface area is 109 Å². The van der Waals surface area contributed by atoms with Crippen LogP contribution in [0.5, 0.6) is 0 Å². The van der Waals surface area contributed by atoms with Gasteiger partial charge in [-0.1, -0.05) is 0 Å². The molecule has 0 aromatic rings. The minimum Gasteiger partial charge on any atom is -0.444 e. The number of nitrogens with zero attached hydrogens (tertiary/aromatic N) is 1. The van der Waals surface area contributed by atoms with Crippen LogP contribution in [0.1, 0.15) is 41.0 Å². The van der Waals surface area contributed by atoms with E-state index in [0.29, 0.717) is 19.7 Å². The molecule has 18 heavy (non-hydrogen) atoms. The van der Waals surface area contributed by atoms with Crippen molar-refractivity contribution >= 4 is 6.09 Å². The monoisotopic (exact) mass is 259 g/mol. The van der Waals surface area contributed by atoms with Crippen LogP contribution in [0, 0.1) is 0 Å². The summed E-state index contributed by atoms with van der Waals surface area (Å²) >= 11 is 0. The summed E-state index contributed by atoms with van der Waals surface area (Å²) in [6, 6.07) is 0. The number of carbonyl (C=O) groups excluding carboxylic acids is 1. The first-order valence-electron chi connectivity index (χ1n) is 6.45. The Hall–Kier alpha value is -0.810. The highest BCUT2D eigenvalue weighted by Crippen LogP contribution is 2.26. The highest BCUT2D eigenvalue weighted by Gasteiger charge is 2.38. The van der Waals surface area contributed by atoms with E-state index in [1.165, 1.54) is 0 Å². The first-order chi connectivity index (χ1) is 8.26. The maximum absolute atomic E-state index is 11.9. The molecule has 1 unspecified atom stereocenters. The van der Waals surface area contributed by atoms with E-state index in [9.17, 15) is 4.79 Å². The third-order valence-corrected chi connectivity index (χ3v) is 2.78. The molecule has 0 aromatic heterocycles. The summed E-state index contributed by atoms with van der Waals surface area (Å²) in [5, 5.41) is 0. The maximum Gasteiger partial charge on any atom is 0.410 e. The van der Waals surface area contributed by atoms with Crippen LogP contribution >= 0.6 is 0 Å². The second-order valence-corrected chi connectivity index (χ2v) is 5.86. The summed E-state index contributed by atoms with van der Waals surface area (Å²) in [7, 11) is 0. The van der Waals surface area contributed by atoms with Gasteiger partial charge in [0.1, 0.15) is 12.4 Å². The Morgan fingerprint density at radius 2 is 2.06 bits per heavy atom. The molecule has 5 nitrogen and oxygen atoms in total. The standard InChI is InChI=1S/C13H25NO4/c1-6-16-10-17-13(5)7-8-14(9-13)11(15)18-12(2,3)4/h6-10H2,1-5H3. The van der Waals surface area contributed by atoms with Gasteiger partial charge in [-0.15, -0.1) is 0 Å². The molecular weight excluding hydrogens is 234 g/mol. The number of likely N-dealkylation sites (tertiary alicyclic amines) is 1. The lowest BCUT2D eigenvalue weighted by Crippen LogP contribution is -2.39. The fourth-order valence-electron chi connectivity index (χ4n) is 1.80. The van der Waals surface area contributed by atoms with Gasteiger partial charge in [0, 0.05) is 13.2 Å². The molecule has 1 aliphatic heterocycles. The molecule has 0 bridgehead atoms. The van der Waals surface area contributed by atoms with Gasteiger partial charge >= 0.3 is 6.09 Å². The lowest BCUT2D eigenvalue weighted by molar-refractivity contribution is -0.127. The van der Waals surface area contributed by atoms with E-state index in [0.717, 1.165) is 6.42 Å². The molecule has 0 N–H and O–H groups in total. The smallest absolute Gasteiger partial charge is 0.410 e. The number of carbonyl (C=O) groups is 1. The lowest BCUT2D eigenvalue weighted by atomic mass is 10.1. The Morgan fingerprint density at radius 1 is 1.39 bits per heavy atom. The van der Waals surface area contributed by atoms with E-state index >= 15 is 0 Å². The fraction of sp³-hybridized carbons (Fsp3) is 0.923. The maximum atomic E-state index is 11.9. The number of hydrogen-bond donors (Lipinski definition) is 0. The van der Waals surface area contributed by atoms with Gasteiger partial charge in [0.25, 0.3) is 0 Å². The van der Waals surface area contributed by atoms with Crippen LogP contribution in [0.25, 0.3) is 0 Å². The summed E-state index contributed by atoms with van der Waals surface area (Å²) in [6.45, 7) is 11.6. The normalized spacial score (nSPS) is 24.4. The lowest BCUT2D eigenvalue weighted by Gasteiger charge is -2.27. The number of ether oxygens (including phenoxy) is 3. The van der Waals surface area contributed by atoms with E-state index < -0.39 is 5.60 Å². The van der Waals surface area contributed by atoms with Crippen LogP contribution in [0.2, 0.25) is 0 Å². The predicted molar refractivity (Wildman–Crippen MR) is 68.4 cm³/mol. The quantitative estimate of drug-likeness (QED) is 0.574. The molecule has 1 rings (SSSR count). The Kier molecular flexibility index (Phi) is 4.99. The van der Waals surface area contributed by atoms with Crippen LogP contribution in [-0.2, 0) is 14.2 Å². The van der Waals surface area contributed by atoms with E-state index in [1.807, 2.05) is 34.6 Å². The van der Waals surface area contributed by atoms with Crippen molar-refractivity contribution < 1.29 is 19.0 Å². The van der Waals surface area contributed by atoms with E-state index in [2.05, 4.69) is 0 Å². The van der Waals surface area contributed by atoms with Crippen LogP contribution < -0.4 is 0 Å². The van der Waals surface area contributed by atoms with Gasteiger partial charge in [0.15, 0.2) is 0 Å². The first kappa shape index (κ1) is 15.2. The Bertz CT molecular complexity index is 287. The minimum atomic E-state index is -0.456. The molecule has 5 heteroatoms. The van der Waals surface area contributed by atoms with Gasteiger partial charge in [0.2, 0.25) is 0 Å². The summed E-state index contributed by atoms with van der Waals surface area (Å²) in [6.07, 6.45) is 0.533. The van der Waals surface area contributed by atoms with Gasteiger partial charge in [0.05, 0.1) is 12.1 Å². The van der Waals surface area contributed by atoms with Crippen LogP contribution in [0.15, 0.2) is 0 Å². The third-order valence-electron chi connectivity index (χ3n) is 2.78. The summed E-state index contributed by atoms with van der Waals surface area (Å²) in [5.74, 6) is 0. The van der Waals surface area contributed by atoms with Crippen molar-refractivity contribution in [1.29, 1.82) is 0 Å². The second-order valence-electron chi connectivity index (χ2n) is 5.86. The predicted octanol–water partition coefficient (Wildman–Crippen LogP) is 2.40. The third kappa shape index (κ3) is 4.82. The minimum absolute atomic E-state index is 0.272. The molecule has 0 saturated carbocycles. The number of hydrogen-bond acceptors (Lipinski definition) is 4. The molecule has 1 heterocycles. The molecule has 1 amide bonds. The summed E-state index contributed by atoms with van der Waals surface area (Å²) in [4.78, 5) is 13.6. The van der Waals surface area contributed by atoms with Crippen LogP contribution in [-0.4, -0.2) is 48.7 Å². The van der Waals surface area contributed by atoms with Crippen molar-refractivity contribution in [2.24, 2.45) is 0 Å². The molecule has 1 atom stereocenters. The largest absolute Gasteiger partial charge is 0.444 e. The van der Waals surface area contributed by atoms with E-state index in [1.54, 1.807) is 4.90 Å². The highest BCUT2D eigenvalue weighted by molar-refractivity contribution is 5.68. The second kappa shape index (κ2) is 5.89. The molecule has 0 aliphatic carbocycles. The van der Waals surface area contributed by atoms with Crippen molar-refractivity contribution in [3.63, 3.8) is 0 Å². The Balaban J connectivity index is 2.42. The van der Waals surface area contributed by atoms with Gasteiger partial charge < -0.3 is 19.1 Å². The Morgan fingerprint density at radius 3 is 2.61 bits per heavy atom. The molecule has 0 radical (unpaired) electrons.